The molecule has 0 aliphatic heterocycles. The summed E-state index contributed by atoms with van der Waals surface area (Å²) in [6.07, 6.45) is 4.69. The van der Waals surface area contributed by atoms with E-state index in [4.69, 9.17) is 11.6 Å². The van der Waals surface area contributed by atoms with Crippen molar-refractivity contribution in [3.05, 3.63) is 35.1 Å². The van der Waals surface area contributed by atoms with Crippen LogP contribution in [0.4, 0.5) is 4.39 Å². The minimum atomic E-state index is -0.153. The Bertz CT molecular complexity index is 386. The lowest BCUT2D eigenvalue weighted by Crippen LogP contribution is -2.26. The van der Waals surface area contributed by atoms with Gasteiger partial charge in [0, 0.05) is 11.9 Å². The molecule has 0 atom stereocenters. The van der Waals surface area contributed by atoms with Crippen molar-refractivity contribution in [2.75, 3.05) is 6.54 Å². The van der Waals surface area contributed by atoms with Crippen LogP contribution in [0.25, 0.3) is 0 Å². The molecule has 2 rings (SSSR count). The van der Waals surface area contributed by atoms with Crippen molar-refractivity contribution in [2.24, 2.45) is 5.92 Å². The fraction of sp³-hybridized carbons (Fsp3) is 0.600. The standard InChI is InChI=1S/C15H21ClFN/c1-11-2-7-15(17)8-13(11)10-18-9-12-3-5-14(16)6-4-12/h2,7-8,12,14,18H,3-6,9-10H2,1H3. The smallest absolute Gasteiger partial charge is 0.123 e. The fourth-order valence-corrected chi connectivity index (χ4v) is 2.82. The monoisotopic (exact) mass is 269 g/mol. The maximum atomic E-state index is 13.1. The van der Waals surface area contributed by atoms with Gasteiger partial charge in [-0.3, -0.25) is 0 Å². The van der Waals surface area contributed by atoms with Crippen LogP contribution in [-0.2, 0) is 6.54 Å². The quantitative estimate of drug-likeness (QED) is 0.814. The van der Waals surface area contributed by atoms with Crippen LogP contribution in [0, 0.1) is 18.7 Å². The molecular formula is C15H21ClFN. The number of benzene rings is 1. The van der Waals surface area contributed by atoms with Gasteiger partial charge in [-0.2, -0.15) is 0 Å². The Hall–Kier alpha value is -0.600. The van der Waals surface area contributed by atoms with Crippen molar-refractivity contribution in [3.8, 4) is 0 Å². The van der Waals surface area contributed by atoms with Crippen LogP contribution in [0.3, 0.4) is 0 Å². The summed E-state index contributed by atoms with van der Waals surface area (Å²) < 4.78 is 13.1. The van der Waals surface area contributed by atoms with Crippen molar-refractivity contribution >= 4 is 11.6 Å². The summed E-state index contributed by atoms with van der Waals surface area (Å²) in [5.41, 5.74) is 2.20. The number of nitrogens with one attached hydrogen (secondary N) is 1. The highest BCUT2D eigenvalue weighted by atomic mass is 35.5. The average molecular weight is 270 g/mol. The Balaban J connectivity index is 1.76. The summed E-state index contributed by atoms with van der Waals surface area (Å²) in [4.78, 5) is 0. The zero-order valence-corrected chi connectivity index (χ0v) is 11.6. The van der Waals surface area contributed by atoms with Gasteiger partial charge in [0.05, 0.1) is 0 Å². The molecule has 1 fully saturated rings. The van der Waals surface area contributed by atoms with Crippen LogP contribution in [0.1, 0.15) is 36.8 Å². The first kappa shape index (κ1) is 13.8. The van der Waals surface area contributed by atoms with Gasteiger partial charge in [-0.05, 0) is 68.3 Å². The lowest BCUT2D eigenvalue weighted by Gasteiger charge is -2.25. The van der Waals surface area contributed by atoms with E-state index in [1.54, 1.807) is 6.07 Å². The summed E-state index contributed by atoms with van der Waals surface area (Å²) in [7, 11) is 0. The van der Waals surface area contributed by atoms with Crippen molar-refractivity contribution in [1.29, 1.82) is 0 Å². The van der Waals surface area contributed by atoms with Gasteiger partial charge in [0.2, 0.25) is 0 Å². The zero-order chi connectivity index (χ0) is 13.0. The Labute approximate surface area is 114 Å². The van der Waals surface area contributed by atoms with Crippen molar-refractivity contribution in [3.63, 3.8) is 0 Å². The van der Waals surface area contributed by atoms with E-state index < -0.39 is 0 Å². The molecule has 1 nitrogen and oxygen atoms in total. The molecule has 1 aliphatic rings. The number of rotatable bonds is 4. The predicted octanol–water partition coefficient (Wildman–Crippen LogP) is 4.02. The summed E-state index contributed by atoms with van der Waals surface area (Å²) >= 11 is 6.09. The molecule has 1 aromatic rings. The molecule has 0 aromatic heterocycles. The van der Waals surface area contributed by atoms with Crippen LogP contribution in [-0.4, -0.2) is 11.9 Å². The van der Waals surface area contributed by atoms with E-state index in [0.717, 1.165) is 43.0 Å². The van der Waals surface area contributed by atoms with Gasteiger partial charge in [-0.1, -0.05) is 6.07 Å². The molecular weight excluding hydrogens is 249 g/mol. The summed E-state index contributed by atoms with van der Waals surface area (Å²) in [5, 5.41) is 3.83. The molecule has 0 amide bonds. The van der Waals surface area contributed by atoms with Crippen molar-refractivity contribution < 1.29 is 4.39 Å². The first-order valence-corrected chi connectivity index (χ1v) is 7.18. The highest BCUT2D eigenvalue weighted by molar-refractivity contribution is 6.20. The molecule has 0 spiro atoms. The Morgan fingerprint density at radius 2 is 2.00 bits per heavy atom. The zero-order valence-electron chi connectivity index (χ0n) is 10.9. The number of hydrogen-bond acceptors (Lipinski definition) is 1. The summed E-state index contributed by atoms with van der Waals surface area (Å²) in [5.74, 6) is 0.578. The van der Waals surface area contributed by atoms with Gasteiger partial charge in [-0.15, -0.1) is 11.6 Å². The van der Waals surface area contributed by atoms with Crippen LogP contribution < -0.4 is 5.32 Å². The molecule has 0 heterocycles. The molecule has 18 heavy (non-hydrogen) atoms. The normalized spacial score (nSPS) is 24.2. The second-order valence-electron chi connectivity index (χ2n) is 5.32. The van der Waals surface area contributed by atoms with Gasteiger partial charge in [0.15, 0.2) is 0 Å². The molecule has 1 N–H and O–H groups in total. The van der Waals surface area contributed by atoms with E-state index in [0.29, 0.717) is 5.38 Å². The number of alkyl halides is 1. The van der Waals surface area contributed by atoms with Crippen LogP contribution >= 0.6 is 11.6 Å². The van der Waals surface area contributed by atoms with Gasteiger partial charge < -0.3 is 5.32 Å². The maximum absolute atomic E-state index is 13.1. The second-order valence-corrected chi connectivity index (χ2v) is 5.94. The van der Waals surface area contributed by atoms with E-state index in [2.05, 4.69) is 5.32 Å². The highest BCUT2D eigenvalue weighted by Gasteiger charge is 2.18. The number of hydrogen-bond donors (Lipinski definition) is 1. The minimum Gasteiger partial charge on any atom is -0.312 e. The van der Waals surface area contributed by atoms with Crippen LogP contribution in [0.5, 0.6) is 0 Å². The van der Waals surface area contributed by atoms with E-state index >= 15 is 0 Å². The largest absolute Gasteiger partial charge is 0.312 e. The topological polar surface area (TPSA) is 12.0 Å². The predicted molar refractivity (Wildman–Crippen MR) is 74.4 cm³/mol. The average Bonchev–Trinajstić information content (AvgIpc) is 2.36. The van der Waals surface area contributed by atoms with Crippen LogP contribution in [0.15, 0.2) is 18.2 Å². The SMILES string of the molecule is Cc1ccc(F)cc1CNCC1CCC(Cl)CC1. The summed E-state index contributed by atoms with van der Waals surface area (Å²) in [6, 6.07) is 4.98. The van der Waals surface area contributed by atoms with Gasteiger partial charge >= 0.3 is 0 Å². The maximum Gasteiger partial charge on any atom is 0.123 e. The van der Waals surface area contributed by atoms with E-state index in [1.165, 1.54) is 18.9 Å². The number of halogens is 2. The third-order valence-corrected chi connectivity index (χ3v) is 4.27. The molecule has 1 aliphatic carbocycles. The third kappa shape index (κ3) is 3.96. The molecule has 1 aromatic carbocycles. The van der Waals surface area contributed by atoms with E-state index in [9.17, 15) is 4.39 Å². The Morgan fingerprint density at radius 3 is 2.72 bits per heavy atom. The minimum absolute atomic E-state index is 0.153. The van der Waals surface area contributed by atoms with E-state index in [1.807, 2.05) is 13.0 Å². The van der Waals surface area contributed by atoms with Crippen LogP contribution in [0.2, 0.25) is 0 Å². The molecule has 0 unspecified atom stereocenters. The molecule has 1 saturated carbocycles. The molecule has 0 radical (unpaired) electrons. The highest BCUT2D eigenvalue weighted by Crippen LogP contribution is 2.27. The lowest BCUT2D eigenvalue weighted by atomic mass is 9.89. The Morgan fingerprint density at radius 1 is 1.28 bits per heavy atom. The van der Waals surface area contributed by atoms with E-state index in [-0.39, 0.29) is 5.82 Å². The van der Waals surface area contributed by atoms with Gasteiger partial charge in [-0.25, -0.2) is 4.39 Å². The second kappa shape index (κ2) is 6.53. The van der Waals surface area contributed by atoms with Gasteiger partial charge in [0.1, 0.15) is 5.82 Å². The fourth-order valence-electron chi connectivity index (χ4n) is 2.57. The lowest BCUT2D eigenvalue weighted by molar-refractivity contribution is 0.345. The first-order valence-electron chi connectivity index (χ1n) is 6.75. The number of aryl methyl sites for hydroxylation is 1. The first-order chi connectivity index (χ1) is 8.65. The molecule has 100 valence electrons. The van der Waals surface area contributed by atoms with Crippen molar-refractivity contribution in [2.45, 2.75) is 44.5 Å². The molecule has 0 saturated heterocycles. The summed E-state index contributed by atoms with van der Waals surface area (Å²) in [6.45, 7) is 3.79. The van der Waals surface area contributed by atoms with Gasteiger partial charge in [0.25, 0.3) is 0 Å². The van der Waals surface area contributed by atoms with Crippen molar-refractivity contribution in [1.82, 2.24) is 5.32 Å². The molecule has 0 bridgehead atoms. The third-order valence-electron chi connectivity index (χ3n) is 3.84. The molecule has 3 heteroatoms. The Kier molecular flexibility index (Phi) is 5.02.